The monoisotopic (exact) mass is 278 g/mol. The van der Waals surface area contributed by atoms with Crippen LogP contribution in [0.5, 0.6) is 0 Å². The fourth-order valence-corrected chi connectivity index (χ4v) is 1.99. The largest absolute Gasteiger partial charge is 0.478 e. The highest BCUT2D eigenvalue weighted by Gasteiger charge is 2.15. The SMILES string of the molecule is CCCN(CC)C(=O)N(C)Cc1ccc(C(=O)O)cc1. The van der Waals surface area contributed by atoms with Gasteiger partial charge in [0.25, 0.3) is 0 Å². The highest BCUT2D eigenvalue weighted by molar-refractivity contribution is 5.87. The summed E-state index contributed by atoms with van der Waals surface area (Å²) >= 11 is 0. The predicted molar refractivity (Wildman–Crippen MR) is 77.8 cm³/mol. The van der Waals surface area contributed by atoms with E-state index >= 15 is 0 Å². The minimum atomic E-state index is -0.943. The Labute approximate surface area is 119 Å². The molecule has 1 N–H and O–H groups in total. The number of carboxylic acids is 1. The number of carbonyl (C=O) groups excluding carboxylic acids is 1. The molecule has 0 radical (unpaired) electrons. The van der Waals surface area contributed by atoms with Crippen molar-refractivity contribution in [3.05, 3.63) is 35.4 Å². The van der Waals surface area contributed by atoms with Crippen molar-refractivity contribution in [2.24, 2.45) is 0 Å². The first kappa shape index (κ1) is 16.0. The zero-order chi connectivity index (χ0) is 15.1. The Morgan fingerprint density at radius 2 is 1.75 bits per heavy atom. The molecular formula is C15H22N2O3. The third-order valence-electron chi connectivity index (χ3n) is 3.09. The second-order valence-corrected chi connectivity index (χ2v) is 4.72. The van der Waals surface area contributed by atoms with Crippen LogP contribution < -0.4 is 0 Å². The molecule has 1 aromatic rings. The molecular weight excluding hydrogens is 256 g/mol. The van der Waals surface area contributed by atoms with Gasteiger partial charge in [-0.1, -0.05) is 19.1 Å². The molecule has 2 amide bonds. The summed E-state index contributed by atoms with van der Waals surface area (Å²) in [5.41, 5.74) is 1.17. The molecule has 0 atom stereocenters. The Hall–Kier alpha value is -2.04. The first-order valence-electron chi connectivity index (χ1n) is 6.81. The molecule has 1 rings (SSSR count). The van der Waals surface area contributed by atoms with Crippen LogP contribution in [0.15, 0.2) is 24.3 Å². The Kier molecular flexibility index (Phi) is 6.03. The van der Waals surface area contributed by atoms with Gasteiger partial charge in [-0.05, 0) is 31.0 Å². The molecule has 0 aliphatic rings. The Bertz CT molecular complexity index is 457. The molecule has 5 heteroatoms. The van der Waals surface area contributed by atoms with Gasteiger partial charge in [0.1, 0.15) is 0 Å². The van der Waals surface area contributed by atoms with Crippen molar-refractivity contribution in [3.8, 4) is 0 Å². The van der Waals surface area contributed by atoms with Crippen molar-refractivity contribution >= 4 is 12.0 Å². The fourth-order valence-electron chi connectivity index (χ4n) is 1.99. The second kappa shape index (κ2) is 7.53. The summed E-state index contributed by atoms with van der Waals surface area (Å²) in [5, 5.41) is 8.84. The van der Waals surface area contributed by atoms with Crippen LogP contribution in [0, 0.1) is 0 Å². The normalized spacial score (nSPS) is 10.2. The van der Waals surface area contributed by atoms with Crippen LogP contribution in [0.4, 0.5) is 4.79 Å². The molecule has 1 aromatic carbocycles. The van der Waals surface area contributed by atoms with Crippen LogP contribution in [0.2, 0.25) is 0 Å². The number of hydrogen-bond acceptors (Lipinski definition) is 2. The van der Waals surface area contributed by atoms with Gasteiger partial charge in [-0.15, -0.1) is 0 Å². The number of amides is 2. The van der Waals surface area contributed by atoms with Gasteiger partial charge >= 0.3 is 12.0 Å². The molecule has 0 aromatic heterocycles. The molecule has 110 valence electrons. The number of benzene rings is 1. The van der Waals surface area contributed by atoms with Crippen molar-refractivity contribution in [2.45, 2.75) is 26.8 Å². The third kappa shape index (κ3) is 4.26. The maximum atomic E-state index is 12.2. The maximum absolute atomic E-state index is 12.2. The number of urea groups is 1. The maximum Gasteiger partial charge on any atom is 0.335 e. The first-order valence-corrected chi connectivity index (χ1v) is 6.81. The van der Waals surface area contributed by atoms with E-state index in [0.717, 1.165) is 18.5 Å². The van der Waals surface area contributed by atoms with Crippen LogP contribution >= 0.6 is 0 Å². The lowest BCUT2D eigenvalue weighted by molar-refractivity contribution is 0.0696. The van der Waals surface area contributed by atoms with Gasteiger partial charge in [0, 0.05) is 26.7 Å². The minimum absolute atomic E-state index is 0.00309. The number of aromatic carboxylic acids is 1. The zero-order valence-electron chi connectivity index (χ0n) is 12.3. The van der Waals surface area contributed by atoms with E-state index in [-0.39, 0.29) is 11.6 Å². The molecule has 0 saturated heterocycles. The zero-order valence-corrected chi connectivity index (χ0v) is 12.3. The van der Waals surface area contributed by atoms with Crippen molar-refractivity contribution in [3.63, 3.8) is 0 Å². The van der Waals surface area contributed by atoms with Gasteiger partial charge in [-0.3, -0.25) is 0 Å². The fraction of sp³-hybridized carbons (Fsp3) is 0.467. The summed E-state index contributed by atoms with van der Waals surface area (Å²) in [6.07, 6.45) is 0.931. The van der Waals surface area contributed by atoms with Gasteiger partial charge in [-0.25, -0.2) is 9.59 Å². The van der Waals surface area contributed by atoms with Crippen LogP contribution in [-0.4, -0.2) is 47.0 Å². The molecule has 0 saturated carbocycles. The lowest BCUT2D eigenvalue weighted by Gasteiger charge is -2.27. The highest BCUT2D eigenvalue weighted by Crippen LogP contribution is 2.09. The van der Waals surface area contributed by atoms with Crippen LogP contribution in [0.3, 0.4) is 0 Å². The van der Waals surface area contributed by atoms with Gasteiger partial charge in [-0.2, -0.15) is 0 Å². The summed E-state index contributed by atoms with van der Waals surface area (Å²) < 4.78 is 0. The molecule has 0 aliphatic heterocycles. The van der Waals surface area contributed by atoms with Crippen LogP contribution in [0.1, 0.15) is 36.2 Å². The quantitative estimate of drug-likeness (QED) is 0.870. The van der Waals surface area contributed by atoms with Crippen molar-refractivity contribution in [2.75, 3.05) is 20.1 Å². The predicted octanol–water partition coefficient (Wildman–Crippen LogP) is 2.67. The van der Waals surface area contributed by atoms with E-state index in [9.17, 15) is 9.59 Å². The molecule has 0 aliphatic carbocycles. The summed E-state index contributed by atoms with van der Waals surface area (Å²) in [6.45, 7) is 5.91. The van der Waals surface area contributed by atoms with Crippen LogP contribution in [0.25, 0.3) is 0 Å². The van der Waals surface area contributed by atoms with Gasteiger partial charge < -0.3 is 14.9 Å². The number of hydrogen-bond donors (Lipinski definition) is 1. The summed E-state index contributed by atoms with van der Waals surface area (Å²) in [4.78, 5) is 26.4. The third-order valence-corrected chi connectivity index (χ3v) is 3.09. The van der Waals surface area contributed by atoms with E-state index in [1.54, 1.807) is 41.1 Å². The summed E-state index contributed by atoms with van der Waals surface area (Å²) in [5.74, 6) is -0.943. The standard InChI is InChI=1S/C15H22N2O3/c1-4-10-17(5-2)15(20)16(3)11-12-6-8-13(9-7-12)14(18)19/h6-9H,4-5,10-11H2,1-3H3,(H,18,19). The topological polar surface area (TPSA) is 60.9 Å². The number of rotatable bonds is 6. The molecule has 0 fully saturated rings. The lowest BCUT2D eigenvalue weighted by atomic mass is 10.1. The van der Waals surface area contributed by atoms with E-state index < -0.39 is 5.97 Å². The lowest BCUT2D eigenvalue weighted by Crippen LogP contribution is -2.41. The molecule has 0 heterocycles. The Morgan fingerprint density at radius 3 is 2.20 bits per heavy atom. The Balaban J connectivity index is 2.67. The van der Waals surface area contributed by atoms with Gasteiger partial charge in [0.2, 0.25) is 0 Å². The summed E-state index contributed by atoms with van der Waals surface area (Å²) in [6, 6.07) is 6.59. The average molecular weight is 278 g/mol. The number of carbonyl (C=O) groups is 2. The van der Waals surface area contributed by atoms with Gasteiger partial charge in [0.05, 0.1) is 5.56 Å². The van der Waals surface area contributed by atoms with E-state index in [1.165, 1.54) is 0 Å². The first-order chi connectivity index (χ1) is 9.49. The molecule has 0 bridgehead atoms. The smallest absolute Gasteiger partial charge is 0.335 e. The molecule has 0 spiro atoms. The van der Waals surface area contributed by atoms with E-state index in [0.29, 0.717) is 13.1 Å². The molecule has 20 heavy (non-hydrogen) atoms. The second-order valence-electron chi connectivity index (χ2n) is 4.72. The molecule has 0 unspecified atom stereocenters. The van der Waals surface area contributed by atoms with E-state index in [1.807, 2.05) is 13.8 Å². The van der Waals surface area contributed by atoms with Crippen molar-refractivity contribution in [1.29, 1.82) is 0 Å². The van der Waals surface area contributed by atoms with Crippen LogP contribution in [-0.2, 0) is 6.54 Å². The van der Waals surface area contributed by atoms with Gasteiger partial charge in [0.15, 0.2) is 0 Å². The minimum Gasteiger partial charge on any atom is -0.478 e. The highest BCUT2D eigenvalue weighted by atomic mass is 16.4. The van der Waals surface area contributed by atoms with E-state index in [4.69, 9.17) is 5.11 Å². The molecule has 5 nitrogen and oxygen atoms in total. The Morgan fingerprint density at radius 1 is 1.15 bits per heavy atom. The van der Waals surface area contributed by atoms with E-state index in [2.05, 4.69) is 0 Å². The number of nitrogens with zero attached hydrogens (tertiary/aromatic N) is 2. The van der Waals surface area contributed by atoms with Crippen molar-refractivity contribution < 1.29 is 14.7 Å². The number of carboxylic acid groups (broad SMARTS) is 1. The summed E-state index contributed by atoms with van der Waals surface area (Å²) in [7, 11) is 1.76. The average Bonchev–Trinajstić information content (AvgIpc) is 2.44. The van der Waals surface area contributed by atoms with Crippen molar-refractivity contribution in [1.82, 2.24) is 9.80 Å².